The van der Waals surface area contributed by atoms with E-state index in [1.165, 1.54) is 12.1 Å². The highest BCUT2D eigenvalue weighted by molar-refractivity contribution is 6.35. The number of benzene rings is 2. The number of H-pyrrole nitrogens is 1. The van der Waals surface area contributed by atoms with Crippen LogP contribution < -0.4 is 10.6 Å². The lowest BCUT2D eigenvalue weighted by Crippen LogP contribution is -2.32. The van der Waals surface area contributed by atoms with Gasteiger partial charge in [0.1, 0.15) is 0 Å². The molecule has 3 aromatic rings. The van der Waals surface area contributed by atoms with Gasteiger partial charge in [-0.2, -0.15) is 18.3 Å². The normalized spacial score (nSPS) is 16.9. The van der Waals surface area contributed by atoms with Crippen molar-refractivity contribution in [2.45, 2.75) is 31.9 Å². The van der Waals surface area contributed by atoms with Crippen molar-refractivity contribution in [3.8, 4) is 0 Å². The minimum atomic E-state index is -4.45. The molecule has 3 N–H and O–H groups in total. The number of fused-ring (bicyclic) bond motifs is 1. The second-order valence-corrected chi connectivity index (χ2v) is 8.00. The molecule has 1 atom stereocenters. The van der Waals surface area contributed by atoms with Gasteiger partial charge in [0.2, 0.25) is 11.8 Å². The molecule has 2 heterocycles. The van der Waals surface area contributed by atoms with E-state index in [0.29, 0.717) is 33.1 Å². The summed E-state index contributed by atoms with van der Waals surface area (Å²) in [6.07, 6.45) is -2.87. The monoisotopic (exact) mass is 462 g/mol. The molecule has 0 fully saturated rings. The van der Waals surface area contributed by atoms with Crippen LogP contribution in [-0.4, -0.2) is 22.0 Å². The van der Waals surface area contributed by atoms with Crippen LogP contribution in [0.25, 0.3) is 10.9 Å². The van der Waals surface area contributed by atoms with Gasteiger partial charge in [-0.15, -0.1) is 0 Å². The van der Waals surface area contributed by atoms with Crippen LogP contribution in [0.15, 0.2) is 53.9 Å². The zero-order chi connectivity index (χ0) is 23.0. The van der Waals surface area contributed by atoms with Gasteiger partial charge < -0.3 is 10.6 Å². The average molecular weight is 463 g/mol. The van der Waals surface area contributed by atoms with Crippen LogP contribution >= 0.6 is 11.6 Å². The lowest BCUT2D eigenvalue weighted by atomic mass is 9.82. The largest absolute Gasteiger partial charge is 0.416 e. The van der Waals surface area contributed by atoms with Gasteiger partial charge in [-0.3, -0.25) is 14.7 Å². The highest BCUT2D eigenvalue weighted by atomic mass is 35.5. The summed E-state index contributed by atoms with van der Waals surface area (Å²) in [5.41, 5.74) is 2.06. The molecule has 0 saturated carbocycles. The van der Waals surface area contributed by atoms with Crippen LogP contribution in [0.1, 0.15) is 36.8 Å². The van der Waals surface area contributed by atoms with E-state index in [-0.39, 0.29) is 24.7 Å². The van der Waals surface area contributed by atoms with E-state index in [4.69, 9.17) is 11.6 Å². The van der Waals surface area contributed by atoms with E-state index < -0.39 is 17.7 Å². The highest BCUT2D eigenvalue weighted by Gasteiger charge is 2.32. The third kappa shape index (κ3) is 4.47. The van der Waals surface area contributed by atoms with Gasteiger partial charge in [-0.05, 0) is 42.3 Å². The number of hydrogen-bond acceptors (Lipinski definition) is 3. The molecule has 166 valence electrons. The fourth-order valence-electron chi connectivity index (χ4n) is 3.85. The number of nitrogens with zero attached hydrogens (tertiary/aromatic N) is 1. The second-order valence-electron chi connectivity index (χ2n) is 7.59. The molecule has 0 bridgehead atoms. The van der Waals surface area contributed by atoms with Crippen LogP contribution in [0.3, 0.4) is 0 Å². The lowest BCUT2D eigenvalue weighted by molar-refractivity contribution is -0.137. The third-order valence-corrected chi connectivity index (χ3v) is 5.69. The molecule has 0 radical (unpaired) electrons. The number of allylic oxidation sites excluding steroid dienone is 1. The maximum atomic E-state index is 12.9. The van der Waals surface area contributed by atoms with Crippen LogP contribution in [0, 0.1) is 0 Å². The smallest absolute Gasteiger partial charge is 0.330 e. The van der Waals surface area contributed by atoms with Crippen molar-refractivity contribution in [2.75, 3.05) is 5.32 Å². The Bertz CT molecular complexity index is 1230. The number of amides is 2. The number of carbonyl (C=O) groups is 2. The van der Waals surface area contributed by atoms with E-state index in [1.54, 1.807) is 25.3 Å². The summed E-state index contributed by atoms with van der Waals surface area (Å²) >= 11 is 6.21. The molecule has 0 aliphatic carbocycles. The van der Waals surface area contributed by atoms with Crippen LogP contribution in [-0.2, 0) is 15.8 Å². The summed E-state index contributed by atoms with van der Waals surface area (Å²) in [7, 11) is 0. The summed E-state index contributed by atoms with van der Waals surface area (Å²) in [5, 5.41) is 13.3. The molecule has 6 nitrogen and oxygen atoms in total. The van der Waals surface area contributed by atoms with E-state index >= 15 is 0 Å². The standard InChI is InChI=1S/C22H18ClF3N4O2/c1-11-16(8-20(32)29-15-6-13-10-27-30-21(13)18(23)7-15)17(9-19(31)28-11)12-2-4-14(5-3-12)22(24,25)26/h2-7,10,17H,8-9H2,1H3,(H,27,30)(H,28,31)(H,29,32). The first kappa shape index (κ1) is 21.9. The van der Waals surface area contributed by atoms with Gasteiger partial charge in [0.05, 0.1) is 28.7 Å². The molecule has 1 aromatic heterocycles. The molecule has 1 aliphatic heterocycles. The fraction of sp³-hybridized carbons (Fsp3) is 0.227. The quantitative estimate of drug-likeness (QED) is 0.501. The predicted molar refractivity (Wildman–Crippen MR) is 114 cm³/mol. The van der Waals surface area contributed by atoms with Crippen molar-refractivity contribution >= 4 is 40.0 Å². The number of nitrogens with one attached hydrogen (secondary N) is 3. The number of aromatic amines is 1. The van der Waals surface area contributed by atoms with Gasteiger partial charge in [0.15, 0.2) is 0 Å². The Kier molecular flexibility index (Phi) is 5.68. The van der Waals surface area contributed by atoms with Crippen molar-refractivity contribution in [2.24, 2.45) is 0 Å². The fourth-order valence-corrected chi connectivity index (χ4v) is 4.12. The van der Waals surface area contributed by atoms with Crippen LogP contribution in [0.4, 0.5) is 18.9 Å². The molecule has 2 amide bonds. The molecule has 32 heavy (non-hydrogen) atoms. The van der Waals surface area contributed by atoms with E-state index in [1.807, 2.05) is 0 Å². The molecular weight excluding hydrogens is 445 g/mol. The highest BCUT2D eigenvalue weighted by Crippen LogP contribution is 2.37. The Morgan fingerprint density at radius 1 is 1.25 bits per heavy atom. The maximum absolute atomic E-state index is 12.9. The first-order valence-electron chi connectivity index (χ1n) is 9.71. The summed E-state index contributed by atoms with van der Waals surface area (Å²) in [4.78, 5) is 24.9. The number of halogens is 4. The molecule has 4 rings (SSSR count). The molecule has 1 unspecified atom stereocenters. The molecule has 2 aromatic carbocycles. The number of carbonyl (C=O) groups excluding carboxylic acids is 2. The number of hydrogen-bond donors (Lipinski definition) is 3. The predicted octanol–water partition coefficient (Wildman–Crippen LogP) is 5.14. The Hall–Kier alpha value is -3.33. The first-order valence-corrected chi connectivity index (χ1v) is 10.1. The number of alkyl halides is 3. The first-order chi connectivity index (χ1) is 15.1. The van der Waals surface area contributed by atoms with Crippen molar-refractivity contribution in [3.05, 3.63) is 70.0 Å². The van der Waals surface area contributed by atoms with Crippen LogP contribution in [0.2, 0.25) is 5.02 Å². The topological polar surface area (TPSA) is 86.9 Å². The van der Waals surface area contributed by atoms with Gasteiger partial charge in [0.25, 0.3) is 0 Å². The summed E-state index contributed by atoms with van der Waals surface area (Å²) < 4.78 is 38.7. The average Bonchev–Trinajstić information content (AvgIpc) is 3.18. The summed E-state index contributed by atoms with van der Waals surface area (Å²) in [5.74, 6) is -1.10. The molecule has 1 aliphatic rings. The SMILES string of the molecule is CC1=C(CC(=O)Nc2cc(Cl)c3[nH]ncc3c2)C(c2ccc(C(F)(F)F)cc2)CC(=O)N1. The Labute approximate surface area is 185 Å². The van der Waals surface area contributed by atoms with Crippen molar-refractivity contribution in [1.29, 1.82) is 0 Å². The van der Waals surface area contributed by atoms with Crippen molar-refractivity contribution < 1.29 is 22.8 Å². The number of aromatic nitrogens is 2. The molecule has 10 heteroatoms. The van der Waals surface area contributed by atoms with Gasteiger partial charge in [0, 0.05) is 29.1 Å². The zero-order valence-corrected chi connectivity index (χ0v) is 17.6. The van der Waals surface area contributed by atoms with E-state index in [0.717, 1.165) is 17.5 Å². The number of rotatable bonds is 4. The zero-order valence-electron chi connectivity index (χ0n) is 16.8. The molecular formula is C22H18ClF3N4O2. The molecule has 0 spiro atoms. The minimum Gasteiger partial charge on any atom is -0.330 e. The summed E-state index contributed by atoms with van der Waals surface area (Å²) in [6.45, 7) is 1.67. The van der Waals surface area contributed by atoms with Crippen LogP contribution in [0.5, 0.6) is 0 Å². The van der Waals surface area contributed by atoms with E-state index in [9.17, 15) is 22.8 Å². The minimum absolute atomic E-state index is 0.0398. The second kappa shape index (κ2) is 8.31. The van der Waals surface area contributed by atoms with Crippen molar-refractivity contribution in [3.63, 3.8) is 0 Å². The summed E-state index contributed by atoms with van der Waals surface area (Å²) in [6, 6.07) is 7.98. The Balaban J connectivity index is 1.57. The maximum Gasteiger partial charge on any atom is 0.416 e. The molecule has 0 saturated heterocycles. The van der Waals surface area contributed by atoms with Crippen molar-refractivity contribution in [1.82, 2.24) is 15.5 Å². The number of anilines is 1. The van der Waals surface area contributed by atoms with Gasteiger partial charge in [-0.1, -0.05) is 23.7 Å². The Morgan fingerprint density at radius 3 is 2.66 bits per heavy atom. The van der Waals surface area contributed by atoms with Gasteiger partial charge >= 0.3 is 6.18 Å². The van der Waals surface area contributed by atoms with Gasteiger partial charge in [-0.25, -0.2) is 0 Å². The lowest BCUT2D eigenvalue weighted by Gasteiger charge is -2.28. The Morgan fingerprint density at radius 2 is 1.97 bits per heavy atom. The van der Waals surface area contributed by atoms with E-state index in [2.05, 4.69) is 20.8 Å². The third-order valence-electron chi connectivity index (χ3n) is 5.39.